The molecule has 1 unspecified atom stereocenters. The second-order valence-corrected chi connectivity index (χ2v) is 7.67. The fraction of sp³-hybridized carbons (Fsp3) is 0.316. The summed E-state index contributed by atoms with van der Waals surface area (Å²) in [5.74, 6) is 0.500. The van der Waals surface area contributed by atoms with Crippen molar-refractivity contribution in [2.45, 2.75) is 24.8 Å². The molecule has 0 aliphatic rings. The second kappa shape index (κ2) is 8.88. The van der Waals surface area contributed by atoms with Crippen molar-refractivity contribution in [3.63, 3.8) is 0 Å². The number of sulfonamides is 1. The molecule has 0 aromatic heterocycles. The quantitative estimate of drug-likeness (QED) is 0.693. The Hall–Kier alpha value is -2.58. The normalized spacial score (nSPS) is 12.3. The van der Waals surface area contributed by atoms with Gasteiger partial charge in [-0.05, 0) is 43.7 Å². The van der Waals surface area contributed by atoms with E-state index in [4.69, 9.17) is 9.47 Å². The number of hydrogen-bond acceptors (Lipinski definition) is 6. The van der Waals surface area contributed by atoms with Gasteiger partial charge >= 0.3 is 5.97 Å². The van der Waals surface area contributed by atoms with Crippen LogP contribution in [0.2, 0.25) is 0 Å². The Labute approximate surface area is 159 Å². The molecular formula is C19H23NO6S. The Morgan fingerprint density at radius 2 is 1.78 bits per heavy atom. The number of rotatable bonds is 8. The molecule has 0 saturated heterocycles. The third kappa shape index (κ3) is 5.21. The molecule has 1 N–H and O–H groups in total. The fourth-order valence-electron chi connectivity index (χ4n) is 2.42. The number of para-hydroxylation sites is 2. The van der Waals surface area contributed by atoms with Gasteiger partial charge in [0.2, 0.25) is 10.0 Å². The van der Waals surface area contributed by atoms with Crippen LogP contribution in [0.1, 0.15) is 22.8 Å². The molecule has 0 saturated carbocycles. The number of esters is 1. The number of carbonyl (C=O) groups is 1. The van der Waals surface area contributed by atoms with Crippen LogP contribution < -0.4 is 14.2 Å². The third-order valence-corrected chi connectivity index (χ3v) is 5.43. The van der Waals surface area contributed by atoms with Crippen molar-refractivity contribution in [2.24, 2.45) is 0 Å². The summed E-state index contributed by atoms with van der Waals surface area (Å²) in [4.78, 5) is 11.8. The molecule has 0 aliphatic heterocycles. The van der Waals surface area contributed by atoms with Crippen molar-refractivity contribution < 1.29 is 27.4 Å². The van der Waals surface area contributed by atoms with E-state index in [0.29, 0.717) is 17.1 Å². The van der Waals surface area contributed by atoms with Crippen LogP contribution >= 0.6 is 0 Å². The molecule has 0 aliphatic carbocycles. The van der Waals surface area contributed by atoms with E-state index < -0.39 is 22.0 Å². The van der Waals surface area contributed by atoms with Crippen LogP contribution in [0.3, 0.4) is 0 Å². The molecule has 8 heteroatoms. The summed E-state index contributed by atoms with van der Waals surface area (Å²) < 4.78 is 43.3. The first-order valence-electron chi connectivity index (χ1n) is 8.25. The van der Waals surface area contributed by atoms with E-state index in [2.05, 4.69) is 9.46 Å². The van der Waals surface area contributed by atoms with Gasteiger partial charge < -0.3 is 14.2 Å². The summed E-state index contributed by atoms with van der Waals surface area (Å²) in [6, 6.07) is 10.9. The molecule has 2 aromatic rings. The zero-order valence-corrected chi connectivity index (χ0v) is 16.5. The van der Waals surface area contributed by atoms with E-state index in [9.17, 15) is 13.2 Å². The van der Waals surface area contributed by atoms with Gasteiger partial charge in [-0.2, -0.15) is 0 Å². The lowest BCUT2D eigenvalue weighted by atomic mass is 10.1. The predicted octanol–water partition coefficient (Wildman–Crippen LogP) is 2.54. The first-order valence-corrected chi connectivity index (χ1v) is 9.74. The monoisotopic (exact) mass is 393 g/mol. The number of hydrogen-bond donors (Lipinski definition) is 1. The maximum atomic E-state index is 12.6. The second-order valence-electron chi connectivity index (χ2n) is 5.95. The maximum absolute atomic E-state index is 12.6. The van der Waals surface area contributed by atoms with E-state index in [0.717, 1.165) is 0 Å². The Bertz CT molecular complexity index is 910. The molecule has 0 radical (unpaired) electrons. The Kier molecular flexibility index (Phi) is 6.81. The molecule has 0 spiro atoms. The number of nitrogens with one attached hydrogen (secondary N) is 1. The summed E-state index contributed by atoms with van der Waals surface area (Å²) in [7, 11) is -1.05. The van der Waals surface area contributed by atoms with Crippen LogP contribution in [0.5, 0.6) is 11.5 Å². The van der Waals surface area contributed by atoms with E-state index in [1.165, 1.54) is 26.4 Å². The van der Waals surface area contributed by atoms with Gasteiger partial charge in [0, 0.05) is 0 Å². The van der Waals surface area contributed by atoms with E-state index in [-0.39, 0.29) is 17.1 Å². The highest BCUT2D eigenvalue weighted by atomic mass is 32.2. The van der Waals surface area contributed by atoms with Crippen molar-refractivity contribution in [1.82, 2.24) is 4.72 Å². The predicted molar refractivity (Wildman–Crippen MR) is 101 cm³/mol. The van der Waals surface area contributed by atoms with Crippen molar-refractivity contribution in [3.8, 4) is 11.5 Å². The maximum Gasteiger partial charge on any atom is 0.338 e. The Morgan fingerprint density at radius 3 is 2.41 bits per heavy atom. The fourth-order valence-corrected chi connectivity index (χ4v) is 3.67. The molecule has 1 atom stereocenters. The van der Waals surface area contributed by atoms with E-state index >= 15 is 0 Å². The molecule has 2 rings (SSSR count). The van der Waals surface area contributed by atoms with Crippen LogP contribution in [-0.4, -0.2) is 41.3 Å². The van der Waals surface area contributed by atoms with Crippen molar-refractivity contribution in [1.29, 1.82) is 0 Å². The lowest BCUT2D eigenvalue weighted by molar-refractivity contribution is 0.0599. The minimum absolute atomic E-state index is 0.0161. The number of ether oxygens (including phenoxy) is 3. The smallest absolute Gasteiger partial charge is 0.338 e. The molecule has 7 nitrogen and oxygen atoms in total. The highest BCUT2D eigenvalue weighted by Gasteiger charge is 2.21. The van der Waals surface area contributed by atoms with Crippen LogP contribution in [0.4, 0.5) is 0 Å². The van der Waals surface area contributed by atoms with Crippen molar-refractivity contribution in [3.05, 3.63) is 53.6 Å². The largest absolute Gasteiger partial charge is 0.493 e. The van der Waals surface area contributed by atoms with Gasteiger partial charge in [-0.3, -0.25) is 0 Å². The van der Waals surface area contributed by atoms with E-state index in [1.807, 2.05) is 6.07 Å². The first-order chi connectivity index (χ1) is 12.8. The first kappa shape index (κ1) is 20.7. The zero-order valence-electron chi connectivity index (χ0n) is 15.7. The van der Waals surface area contributed by atoms with Crippen LogP contribution in [0.15, 0.2) is 47.4 Å². The lowest BCUT2D eigenvalue weighted by Crippen LogP contribution is -2.36. The third-order valence-electron chi connectivity index (χ3n) is 3.84. The molecule has 0 heterocycles. The number of carbonyl (C=O) groups excluding carboxylic acids is 1. The number of aryl methyl sites for hydroxylation is 1. The summed E-state index contributed by atoms with van der Waals surface area (Å²) in [5.41, 5.74) is 0.839. The van der Waals surface area contributed by atoms with Crippen LogP contribution in [0.25, 0.3) is 0 Å². The average molecular weight is 393 g/mol. The standard InChI is InChI=1S/C19H23NO6S/c1-13-9-10-15(11-16(13)19(21)25-4)27(22,23)20-14(2)12-26-18-8-6-5-7-17(18)24-3/h5-11,14,20H,12H2,1-4H3. The molecular weight excluding hydrogens is 370 g/mol. The highest BCUT2D eigenvalue weighted by Crippen LogP contribution is 2.26. The molecule has 0 amide bonds. The van der Waals surface area contributed by atoms with Crippen LogP contribution in [-0.2, 0) is 14.8 Å². The summed E-state index contributed by atoms with van der Waals surface area (Å²) in [6.45, 7) is 3.50. The van der Waals surface area contributed by atoms with Crippen molar-refractivity contribution >= 4 is 16.0 Å². The van der Waals surface area contributed by atoms with E-state index in [1.54, 1.807) is 38.1 Å². The molecule has 27 heavy (non-hydrogen) atoms. The van der Waals surface area contributed by atoms with Gasteiger partial charge in [-0.15, -0.1) is 0 Å². The topological polar surface area (TPSA) is 90.9 Å². The van der Waals surface area contributed by atoms with Gasteiger partial charge in [0.25, 0.3) is 0 Å². The SMILES string of the molecule is COC(=O)c1cc(S(=O)(=O)NC(C)COc2ccccc2OC)ccc1C. The van der Waals surface area contributed by atoms with Crippen LogP contribution in [0, 0.1) is 6.92 Å². The number of benzene rings is 2. The van der Waals surface area contributed by atoms with Crippen molar-refractivity contribution in [2.75, 3.05) is 20.8 Å². The Morgan fingerprint density at radius 1 is 1.11 bits per heavy atom. The summed E-state index contributed by atoms with van der Waals surface area (Å²) in [5, 5.41) is 0. The lowest BCUT2D eigenvalue weighted by Gasteiger charge is -2.17. The van der Waals surface area contributed by atoms with Gasteiger partial charge in [0.15, 0.2) is 11.5 Å². The van der Waals surface area contributed by atoms with Gasteiger partial charge in [0.1, 0.15) is 6.61 Å². The number of methoxy groups -OCH3 is 2. The summed E-state index contributed by atoms with van der Waals surface area (Å²) >= 11 is 0. The average Bonchev–Trinajstić information content (AvgIpc) is 2.65. The molecule has 0 fully saturated rings. The zero-order chi connectivity index (χ0) is 20.0. The highest BCUT2D eigenvalue weighted by molar-refractivity contribution is 7.89. The molecule has 0 bridgehead atoms. The van der Waals surface area contributed by atoms with Gasteiger partial charge in [-0.25, -0.2) is 17.9 Å². The molecule has 146 valence electrons. The Balaban J connectivity index is 2.10. The van der Waals surface area contributed by atoms with Gasteiger partial charge in [0.05, 0.1) is 30.7 Å². The minimum Gasteiger partial charge on any atom is -0.493 e. The van der Waals surface area contributed by atoms with Gasteiger partial charge in [-0.1, -0.05) is 18.2 Å². The molecule has 2 aromatic carbocycles. The minimum atomic E-state index is -3.83. The summed E-state index contributed by atoms with van der Waals surface area (Å²) in [6.07, 6.45) is 0.